The molecule has 0 aliphatic heterocycles. The Morgan fingerprint density at radius 1 is 1.06 bits per heavy atom. The van der Waals surface area contributed by atoms with Crippen LogP contribution < -0.4 is 9.46 Å². The summed E-state index contributed by atoms with van der Waals surface area (Å²) in [7, 11) is -2.45. The summed E-state index contributed by atoms with van der Waals surface area (Å²) in [6.07, 6.45) is 0.504. The number of sulfonamides is 1. The minimum absolute atomic E-state index is 0.0631. The van der Waals surface area contributed by atoms with Gasteiger partial charge in [-0.25, -0.2) is 22.9 Å². The molecule has 9 heteroatoms. The molecule has 0 saturated carbocycles. The maximum atomic E-state index is 12.2. The largest absolute Gasteiger partial charge is 0.496 e. The molecule has 4 aromatic rings. The van der Waals surface area contributed by atoms with Crippen molar-refractivity contribution in [3.63, 3.8) is 0 Å². The molecule has 0 unspecified atom stereocenters. The fourth-order valence-electron chi connectivity index (χ4n) is 4.40. The summed E-state index contributed by atoms with van der Waals surface area (Å²) in [4.78, 5) is 15.6. The van der Waals surface area contributed by atoms with Gasteiger partial charge in [0.1, 0.15) is 11.6 Å². The molecule has 188 valence electrons. The van der Waals surface area contributed by atoms with Crippen molar-refractivity contribution in [2.45, 2.75) is 44.9 Å². The number of carbonyl (C=O) groups is 1. The van der Waals surface area contributed by atoms with E-state index >= 15 is 0 Å². The summed E-state index contributed by atoms with van der Waals surface area (Å²) in [6.45, 7) is 6.01. The number of imidazole rings is 1. The van der Waals surface area contributed by atoms with Gasteiger partial charge in [0, 0.05) is 17.7 Å². The number of methoxy groups -OCH3 is 1. The first-order valence-electron chi connectivity index (χ1n) is 11.6. The second-order valence-electron chi connectivity index (χ2n) is 8.64. The van der Waals surface area contributed by atoms with Crippen LogP contribution >= 0.6 is 0 Å². The van der Waals surface area contributed by atoms with E-state index in [4.69, 9.17) is 14.8 Å². The van der Waals surface area contributed by atoms with Gasteiger partial charge in [0.2, 0.25) is 0 Å². The van der Waals surface area contributed by atoms with Gasteiger partial charge in [-0.3, -0.25) is 4.57 Å². The van der Waals surface area contributed by atoms with Crippen molar-refractivity contribution in [2.75, 3.05) is 7.11 Å². The lowest BCUT2D eigenvalue weighted by Crippen LogP contribution is -2.28. The number of nitrogens with zero attached hydrogens (tertiary/aromatic N) is 2. The predicted octanol–water partition coefficient (Wildman–Crippen LogP) is 4.95. The number of fused-ring (bicyclic) bond motifs is 1. The second-order valence-corrected chi connectivity index (χ2v) is 10.3. The molecule has 0 radical (unpaired) electrons. The molecule has 0 spiro atoms. The highest BCUT2D eigenvalue weighted by molar-refractivity contribution is 7.90. The van der Waals surface area contributed by atoms with Crippen molar-refractivity contribution in [3.8, 4) is 11.4 Å². The molecular formula is C27H29N3O5S. The molecule has 4 rings (SSSR count). The number of amides is 1. The lowest BCUT2D eigenvalue weighted by atomic mass is 10.0. The molecule has 0 fully saturated rings. The number of hydrogen-bond donors (Lipinski definition) is 2. The van der Waals surface area contributed by atoms with E-state index in [1.54, 1.807) is 17.9 Å². The van der Waals surface area contributed by atoms with Gasteiger partial charge in [0.15, 0.2) is 0 Å². The zero-order valence-electron chi connectivity index (χ0n) is 20.7. The van der Waals surface area contributed by atoms with Crippen molar-refractivity contribution in [1.82, 2.24) is 14.3 Å². The highest BCUT2D eigenvalue weighted by Gasteiger charge is 2.18. The summed E-state index contributed by atoms with van der Waals surface area (Å²) >= 11 is 0. The standard InChI is InChI=1S/C27H29N3O5S/c1-5-25-28-26-18(3)24(35-4)15-14-23(26)30(25)21-11-8-19(9-12-21)7-10-20-16-22(13-6-17(20)2)36(33,34)29-27(31)32/h6,8-9,11-16,29H,5,7,10H2,1-4H3,(H,31,32). The van der Waals surface area contributed by atoms with E-state index in [1.807, 2.05) is 26.0 Å². The number of aryl methyl sites for hydroxylation is 5. The molecule has 1 amide bonds. The molecule has 36 heavy (non-hydrogen) atoms. The number of ether oxygens (including phenoxy) is 1. The van der Waals surface area contributed by atoms with E-state index in [2.05, 4.69) is 35.8 Å². The first-order valence-corrected chi connectivity index (χ1v) is 13.1. The summed E-state index contributed by atoms with van der Waals surface area (Å²) in [6, 6.07) is 16.9. The minimum atomic E-state index is -4.11. The molecular weight excluding hydrogens is 478 g/mol. The van der Waals surface area contributed by atoms with Crippen molar-refractivity contribution < 1.29 is 23.1 Å². The molecule has 0 saturated heterocycles. The smallest absolute Gasteiger partial charge is 0.418 e. The van der Waals surface area contributed by atoms with Crippen LogP contribution in [0.4, 0.5) is 4.79 Å². The minimum Gasteiger partial charge on any atom is -0.496 e. The van der Waals surface area contributed by atoms with Gasteiger partial charge in [-0.2, -0.15) is 0 Å². The topological polar surface area (TPSA) is 111 Å². The van der Waals surface area contributed by atoms with Crippen molar-refractivity contribution in [2.24, 2.45) is 0 Å². The van der Waals surface area contributed by atoms with Crippen molar-refractivity contribution in [1.29, 1.82) is 0 Å². The van der Waals surface area contributed by atoms with Gasteiger partial charge in [0.05, 0.1) is 23.0 Å². The monoisotopic (exact) mass is 507 g/mol. The van der Waals surface area contributed by atoms with Gasteiger partial charge in [-0.1, -0.05) is 25.1 Å². The van der Waals surface area contributed by atoms with Crippen LogP contribution in [-0.2, 0) is 29.3 Å². The van der Waals surface area contributed by atoms with Crippen LogP contribution in [0.2, 0.25) is 0 Å². The van der Waals surface area contributed by atoms with E-state index in [0.29, 0.717) is 12.8 Å². The third-order valence-electron chi connectivity index (χ3n) is 6.37. The van der Waals surface area contributed by atoms with E-state index in [-0.39, 0.29) is 4.90 Å². The molecule has 2 N–H and O–H groups in total. The summed E-state index contributed by atoms with van der Waals surface area (Å²) in [5, 5.41) is 8.80. The molecule has 0 bridgehead atoms. The molecule has 0 aliphatic carbocycles. The number of benzene rings is 3. The van der Waals surface area contributed by atoms with E-state index in [1.165, 1.54) is 12.1 Å². The van der Waals surface area contributed by atoms with Crippen molar-refractivity contribution in [3.05, 3.63) is 82.7 Å². The average molecular weight is 508 g/mol. The Balaban J connectivity index is 1.58. The summed E-state index contributed by atoms with van der Waals surface area (Å²) in [5.74, 6) is 1.79. The fourth-order valence-corrected chi connectivity index (χ4v) is 5.29. The molecule has 1 heterocycles. The third-order valence-corrected chi connectivity index (χ3v) is 7.68. The number of aromatic nitrogens is 2. The lowest BCUT2D eigenvalue weighted by molar-refractivity contribution is 0.201. The molecule has 0 aliphatic rings. The van der Waals surface area contributed by atoms with Gasteiger partial charge in [-0.05, 0) is 79.8 Å². The number of hydrogen-bond acceptors (Lipinski definition) is 5. The van der Waals surface area contributed by atoms with Gasteiger partial charge < -0.3 is 9.84 Å². The van der Waals surface area contributed by atoms with Crippen LogP contribution in [0.5, 0.6) is 5.75 Å². The first kappa shape index (κ1) is 25.2. The highest BCUT2D eigenvalue weighted by Crippen LogP contribution is 2.30. The maximum Gasteiger partial charge on any atom is 0.418 e. The molecule has 0 atom stereocenters. The Hall–Kier alpha value is -3.85. The Kier molecular flexibility index (Phi) is 7.03. The van der Waals surface area contributed by atoms with Gasteiger partial charge in [-0.15, -0.1) is 0 Å². The molecule has 1 aromatic heterocycles. The normalized spacial score (nSPS) is 11.6. The zero-order valence-corrected chi connectivity index (χ0v) is 21.5. The Morgan fingerprint density at radius 3 is 2.42 bits per heavy atom. The highest BCUT2D eigenvalue weighted by atomic mass is 32.2. The van der Waals surface area contributed by atoms with E-state index in [0.717, 1.165) is 57.0 Å². The van der Waals surface area contributed by atoms with E-state index < -0.39 is 16.1 Å². The summed E-state index contributed by atoms with van der Waals surface area (Å²) < 4.78 is 33.7. The maximum absolute atomic E-state index is 12.2. The second kappa shape index (κ2) is 10.0. The lowest BCUT2D eigenvalue weighted by Gasteiger charge is -2.12. The average Bonchev–Trinajstić information content (AvgIpc) is 3.23. The Labute approximate surface area is 210 Å². The number of nitrogens with one attached hydrogen (secondary N) is 1. The van der Waals surface area contributed by atoms with Crippen LogP contribution in [0, 0.1) is 13.8 Å². The van der Waals surface area contributed by atoms with Crippen molar-refractivity contribution >= 4 is 27.1 Å². The van der Waals surface area contributed by atoms with Crippen LogP contribution in [-0.4, -0.2) is 36.3 Å². The molecule has 8 nitrogen and oxygen atoms in total. The fraction of sp³-hybridized carbons (Fsp3) is 0.259. The van der Waals surface area contributed by atoms with Crippen LogP contribution in [0.3, 0.4) is 0 Å². The van der Waals surface area contributed by atoms with E-state index in [9.17, 15) is 13.2 Å². The Morgan fingerprint density at radius 2 is 1.78 bits per heavy atom. The predicted molar refractivity (Wildman–Crippen MR) is 139 cm³/mol. The first-order chi connectivity index (χ1) is 17.1. The quantitative estimate of drug-likeness (QED) is 0.349. The SMILES string of the molecule is CCc1nc2c(C)c(OC)ccc2n1-c1ccc(CCc2cc(S(=O)(=O)NC(=O)O)ccc2C)cc1. The Bertz CT molecular complexity index is 1540. The molecule has 3 aromatic carbocycles. The van der Waals surface area contributed by atoms with Gasteiger partial charge in [0.25, 0.3) is 10.0 Å². The van der Waals surface area contributed by atoms with Crippen LogP contribution in [0.1, 0.15) is 35.0 Å². The summed E-state index contributed by atoms with van der Waals surface area (Å²) in [5.41, 5.74) is 6.90. The third kappa shape index (κ3) is 4.92. The van der Waals surface area contributed by atoms with Crippen LogP contribution in [0.15, 0.2) is 59.5 Å². The number of rotatable bonds is 8. The van der Waals surface area contributed by atoms with Crippen LogP contribution in [0.25, 0.3) is 16.7 Å². The number of carboxylic acid groups (broad SMARTS) is 1. The zero-order chi connectivity index (χ0) is 26.0. The van der Waals surface area contributed by atoms with Gasteiger partial charge >= 0.3 is 6.09 Å².